The van der Waals surface area contributed by atoms with Crippen molar-refractivity contribution in [3.63, 3.8) is 0 Å². The van der Waals surface area contributed by atoms with E-state index in [1.807, 2.05) is 6.07 Å². The molecule has 1 N–H and O–H groups in total. The Morgan fingerprint density at radius 3 is 2.96 bits per heavy atom. The van der Waals surface area contributed by atoms with Crippen molar-refractivity contribution < 1.29 is 12.8 Å². The molecule has 2 aromatic heterocycles. The highest BCUT2D eigenvalue weighted by atomic mass is 32.2. The Morgan fingerprint density at radius 2 is 2.22 bits per heavy atom. The van der Waals surface area contributed by atoms with Crippen LogP contribution in [0.25, 0.3) is 0 Å². The third kappa shape index (κ3) is 2.89. The van der Waals surface area contributed by atoms with Gasteiger partial charge in [0.1, 0.15) is 5.76 Å². The maximum Gasteiger partial charge on any atom is 0.280 e. The van der Waals surface area contributed by atoms with E-state index in [1.54, 1.807) is 17.0 Å². The van der Waals surface area contributed by atoms with Crippen LogP contribution in [-0.2, 0) is 16.8 Å². The van der Waals surface area contributed by atoms with Crippen molar-refractivity contribution in [2.75, 3.05) is 6.54 Å². The Labute approximate surface area is 133 Å². The molecule has 1 saturated heterocycles. The van der Waals surface area contributed by atoms with Crippen LogP contribution in [0.2, 0.25) is 0 Å². The predicted molar refractivity (Wildman–Crippen MR) is 79.2 cm³/mol. The van der Waals surface area contributed by atoms with E-state index in [9.17, 15) is 8.42 Å². The Kier molecular flexibility index (Phi) is 3.66. The second-order valence-electron chi connectivity index (χ2n) is 5.88. The van der Waals surface area contributed by atoms with E-state index in [2.05, 4.69) is 20.2 Å². The molecule has 1 aliphatic heterocycles. The van der Waals surface area contributed by atoms with Gasteiger partial charge in [0.25, 0.3) is 10.2 Å². The zero-order valence-electron chi connectivity index (χ0n) is 12.5. The molecular weight excluding hydrogens is 320 g/mol. The van der Waals surface area contributed by atoms with Crippen LogP contribution in [0.1, 0.15) is 49.4 Å². The Morgan fingerprint density at radius 1 is 1.35 bits per heavy atom. The van der Waals surface area contributed by atoms with Crippen molar-refractivity contribution in [1.29, 1.82) is 0 Å². The minimum atomic E-state index is -3.62. The van der Waals surface area contributed by atoms with Gasteiger partial charge in [-0.25, -0.2) is 4.68 Å². The first kappa shape index (κ1) is 14.8. The summed E-state index contributed by atoms with van der Waals surface area (Å²) in [6.07, 6.45) is 5.21. The molecule has 1 aliphatic carbocycles. The first-order valence-corrected chi connectivity index (χ1v) is 9.16. The Bertz CT molecular complexity index is 767. The van der Waals surface area contributed by atoms with Crippen LogP contribution in [0.3, 0.4) is 0 Å². The van der Waals surface area contributed by atoms with Gasteiger partial charge in [-0.2, -0.15) is 17.4 Å². The lowest BCUT2D eigenvalue weighted by atomic mass is 10.2. The van der Waals surface area contributed by atoms with Crippen LogP contribution in [0.5, 0.6) is 0 Å². The van der Waals surface area contributed by atoms with Crippen molar-refractivity contribution in [2.24, 2.45) is 0 Å². The van der Waals surface area contributed by atoms with E-state index in [1.165, 1.54) is 4.31 Å². The van der Waals surface area contributed by atoms with Crippen molar-refractivity contribution >= 4 is 10.2 Å². The molecule has 3 heterocycles. The second-order valence-corrected chi connectivity index (χ2v) is 7.59. The highest BCUT2D eigenvalue weighted by Gasteiger charge is 2.37. The third-order valence-corrected chi connectivity index (χ3v) is 5.81. The van der Waals surface area contributed by atoms with Gasteiger partial charge in [0.15, 0.2) is 5.82 Å². The van der Waals surface area contributed by atoms with Gasteiger partial charge in [-0.1, -0.05) is 0 Å². The highest BCUT2D eigenvalue weighted by Crippen LogP contribution is 2.35. The van der Waals surface area contributed by atoms with E-state index in [4.69, 9.17) is 4.42 Å². The van der Waals surface area contributed by atoms with Crippen LogP contribution in [0.4, 0.5) is 0 Å². The molecule has 2 aromatic rings. The van der Waals surface area contributed by atoms with Gasteiger partial charge in [-0.15, -0.1) is 5.10 Å². The average molecular weight is 338 g/mol. The zero-order chi connectivity index (χ0) is 15.9. The van der Waals surface area contributed by atoms with Gasteiger partial charge in [0, 0.05) is 6.54 Å². The fourth-order valence-electron chi connectivity index (χ4n) is 2.96. The van der Waals surface area contributed by atoms with Crippen molar-refractivity contribution in [3.05, 3.63) is 30.0 Å². The fourth-order valence-corrected chi connectivity index (χ4v) is 4.35. The summed E-state index contributed by atoms with van der Waals surface area (Å²) in [5, 5.41) is 11.5. The molecule has 10 heteroatoms. The number of tetrazole rings is 1. The lowest BCUT2D eigenvalue weighted by Gasteiger charge is -2.22. The number of furan rings is 1. The quantitative estimate of drug-likeness (QED) is 0.834. The molecule has 2 fully saturated rings. The molecule has 0 radical (unpaired) electrons. The summed E-state index contributed by atoms with van der Waals surface area (Å²) in [5.74, 6) is 1.22. The number of aromatic nitrogens is 4. The standard InChI is InChI=1S/C13H18N6O3S/c20-23(21,14-9-13-15-16-17-19(13)10-5-6-10)18-7-1-3-11(18)12-4-2-8-22-12/h2,4,8,10-11,14H,1,3,5-7,9H2. The number of hydrogen-bond donors (Lipinski definition) is 1. The van der Waals surface area contributed by atoms with E-state index in [0.29, 0.717) is 24.2 Å². The van der Waals surface area contributed by atoms with Gasteiger partial charge >= 0.3 is 0 Å². The number of nitrogens with one attached hydrogen (secondary N) is 1. The van der Waals surface area contributed by atoms with E-state index in [0.717, 1.165) is 25.7 Å². The molecule has 23 heavy (non-hydrogen) atoms. The molecule has 0 bridgehead atoms. The summed E-state index contributed by atoms with van der Waals surface area (Å²) >= 11 is 0. The van der Waals surface area contributed by atoms with E-state index >= 15 is 0 Å². The molecule has 1 saturated carbocycles. The minimum absolute atomic E-state index is 0.0905. The van der Waals surface area contributed by atoms with Gasteiger partial charge in [0.2, 0.25) is 0 Å². The Hall–Kier alpha value is -1.78. The lowest BCUT2D eigenvalue weighted by molar-refractivity contribution is 0.335. The summed E-state index contributed by atoms with van der Waals surface area (Å²) in [6, 6.07) is 3.65. The van der Waals surface area contributed by atoms with Crippen LogP contribution in [0, 0.1) is 0 Å². The lowest BCUT2D eigenvalue weighted by Crippen LogP contribution is -2.40. The monoisotopic (exact) mass is 338 g/mol. The largest absolute Gasteiger partial charge is 0.468 e. The van der Waals surface area contributed by atoms with Crippen LogP contribution in [-0.4, -0.2) is 39.5 Å². The summed E-state index contributed by atoms with van der Waals surface area (Å²) in [7, 11) is -3.62. The molecule has 124 valence electrons. The van der Waals surface area contributed by atoms with Crippen LogP contribution < -0.4 is 4.72 Å². The first-order valence-electron chi connectivity index (χ1n) is 7.72. The number of hydrogen-bond acceptors (Lipinski definition) is 6. The predicted octanol–water partition coefficient (Wildman–Crippen LogP) is 0.772. The zero-order valence-corrected chi connectivity index (χ0v) is 13.3. The number of nitrogens with zero attached hydrogens (tertiary/aromatic N) is 5. The maximum absolute atomic E-state index is 12.6. The smallest absolute Gasteiger partial charge is 0.280 e. The summed E-state index contributed by atoms with van der Waals surface area (Å²) in [5.41, 5.74) is 0. The molecule has 0 aromatic carbocycles. The highest BCUT2D eigenvalue weighted by molar-refractivity contribution is 7.87. The van der Waals surface area contributed by atoms with Gasteiger partial charge < -0.3 is 4.42 Å². The molecule has 0 amide bonds. The SMILES string of the molecule is O=S(=O)(NCc1nnnn1C1CC1)N1CCCC1c1ccco1. The van der Waals surface area contributed by atoms with E-state index < -0.39 is 10.2 Å². The first-order chi connectivity index (χ1) is 11.1. The van der Waals surface area contributed by atoms with Crippen LogP contribution >= 0.6 is 0 Å². The number of rotatable bonds is 6. The molecule has 0 spiro atoms. The molecule has 9 nitrogen and oxygen atoms in total. The third-order valence-electron chi connectivity index (χ3n) is 4.25. The average Bonchev–Trinajstić information content (AvgIpc) is 3.03. The van der Waals surface area contributed by atoms with Crippen molar-refractivity contribution in [2.45, 2.75) is 44.3 Å². The van der Waals surface area contributed by atoms with Gasteiger partial charge in [-0.05, 0) is 48.2 Å². The van der Waals surface area contributed by atoms with Crippen molar-refractivity contribution in [3.8, 4) is 0 Å². The Balaban J connectivity index is 1.48. The minimum Gasteiger partial charge on any atom is -0.468 e. The molecular formula is C13H18N6O3S. The van der Waals surface area contributed by atoms with Gasteiger partial charge in [0.05, 0.1) is 24.9 Å². The topological polar surface area (TPSA) is 106 Å². The summed E-state index contributed by atoms with van der Waals surface area (Å²) in [6.45, 7) is 0.571. The van der Waals surface area contributed by atoms with Crippen molar-refractivity contribution in [1.82, 2.24) is 29.2 Å². The van der Waals surface area contributed by atoms with Crippen LogP contribution in [0.15, 0.2) is 22.8 Å². The molecule has 1 unspecified atom stereocenters. The second kappa shape index (κ2) is 5.69. The summed E-state index contributed by atoms with van der Waals surface area (Å²) in [4.78, 5) is 0. The van der Waals surface area contributed by atoms with Gasteiger partial charge in [-0.3, -0.25) is 0 Å². The molecule has 4 rings (SSSR count). The molecule has 1 atom stereocenters. The summed E-state index contributed by atoms with van der Waals surface area (Å²) < 4.78 is 36.4. The maximum atomic E-state index is 12.6. The molecule has 2 aliphatic rings. The van der Waals surface area contributed by atoms with E-state index in [-0.39, 0.29) is 12.6 Å². The normalized spacial score (nSPS) is 22.7. The fraction of sp³-hybridized carbons (Fsp3) is 0.615.